The highest BCUT2D eigenvalue weighted by Gasteiger charge is 2.33. The highest BCUT2D eigenvalue weighted by Crippen LogP contribution is 2.27. The van der Waals surface area contributed by atoms with Crippen LogP contribution in [0.5, 0.6) is 0 Å². The molecule has 0 spiro atoms. The largest absolute Gasteiger partial charge is 0.352 e. The van der Waals surface area contributed by atoms with E-state index in [2.05, 4.69) is 5.32 Å². The summed E-state index contributed by atoms with van der Waals surface area (Å²) in [6.07, 6.45) is 3.75. The number of hydrogen-bond acceptors (Lipinski definition) is 4. The first kappa shape index (κ1) is 29.6. The first-order chi connectivity index (χ1) is 19.1. The molecule has 7 nitrogen and oxygen atoms in total. The predicted molar refractivity (Wildman–Crippen MR) is 154 cm³/mol. The molecule has 1 aliphatic carbocycles. The molecule has 212 valence electrons. The summed E-state index contributed by atoms with van der Waals surface area (Å²) in [5.74, 6) is -1.55. The van der Waals surface area contributed by atoms with Crippen molar-refractivity contribution in [1.82, 2.24) is 10.2 Å². The quantitative estimate of drug-likeness (QED) is 0.342. The maximum atomic E-state index is 14.7. The number of nitrogens with zero attached hydrogens (tertiary/aromatic N) is 2. The van der Waals surface area contributed by atoms with Crippen LogP contribution in [0.4, 0.5) is 10.1 Å². The normalized spacial score (nSPS) is 14.5. The summed E-state index contributed by atoms with van der Waals surface area (Å²) in [6.45, 7) is 2.58. The molecule has 0 aromatic heterocycles. The fourth-order valence-electron chi connectivity index (χ4n) is 4.78. The van der Waals surface area contributed by atoms with Gasteiger partial charge in [0.25, 0.3) is 10.0 Å². The number of nitrogens with one attached hydrogen (secondary N) is 1. The van der Waals surface area contributed by atoms with E-state index < -0.39 is 34.3 Å². The van der Waals surface area contributed by atoms with E-state index in [4.69, 9.17) is 11.6 Å². The van der Waals surface area contributed by atoms with Crippen LogP contribution in [-0.2, 0) is 26.2 Å². The molecule has 0 aliphatic heterocycles. The third-order valence-corrected chi connectivity index (χ3v) is 9.17. The SMILES string of the molecule is Cc1ccc(S(=O)(=O)N(CC(=O)N(Cc2ccccc2F)C(C)C(=O)NC2CCCC2)c2cccc(Cl)c2)cc1. The molecule has 0 saturated heterocycles. The van der Waals surface area contributed by atoms with Crippen LogP contribution >= 0.6 is 11.6 Å². The van der Waals surface area contributed by atoms with Crippen LogP contribution in [-0.4, -0.2) is 43.8 Å². The number of anilines is 1. The molecule has 3 aromatic carbocycles. The van der Waals surface area contributed by atoms with Crippen LogP contribution in [0.1, 0.15) is 43.7 Å². The van der Waals surface area contributed by atoms with E-state index in [1.54, 1.807) is 43.3 Å². The predicted octanol–water partition coefficient (Wildman–Crippen LogP) is 5.46. The fourth-order valence-corrected chi connectivity index (χ4v) is 6.37. The Hall–Kier alpha value is -3.43. The smallest absolute Gasteiger partial charge is 0.264 e. The lowest BCUT2D eigenvalue weighted by Gasteiger charge is -2.32. The molecular weight excluding hydrogens is 553 g/mol. The number of hydrogen-bond donors (Lipinski definition) is 1. The minimum absolute atomic E-state index is 0.00134. The summed E-state index contributed by atoms with van der Waals surface area (Å²) in [5, 5.41) is 3.29. The zero-order valence-corrected chi connectivity index (χ0v) is 24.1. The Kier molecular flexibility index (Phi) is 9.48. The second-order valence-electron chi connectivity index (χ2n) is 10.1. The monoisotopic (exact) mass is 585 g/mol. The maximum absolute atomic E-state index is 14.7. The summed E-state index contributed by atoms with van der Waals surface area (Å²) in [7, 11) is -4.21. The third-order valence-electron chi connectivity index (χ3n) is 7.15. The van der Waals surface area contributed by atoms with Gasteiger partial charge in [0.1, 0.15) is 18.4 Å². The molecule has 1 unspecified atom stereocenters. The van der Waals surface area contributed by atoms with Gasteiger partial charge in [-0.25, -0.2) is 12.8 Å². The average molecular weight is 586 g/mol. The Morgan fingerprint density at radius 2 is 1.70 bits per heavy atom. The average Bonchev–Trinajstić information content (AvgIpc) is 3.44. The van der Waals surface area contributed by atoms with E-state index >= 15 is 0 Å². The van der Waals surface area contributed by atoms with Gasteiger partial charge in [0, 0.05) is 23.2 Å². The van der Waals surface area contributed by atoms with E-state index in [1.807, 2.05) is 6.92 Å². The highest BCUT2D eigenvalue weighted by atomic mass is 35.5. The molecule has 10 heteroatoms. The Morgan fingerprint density at radius 3 is 2.35 bits per heavy atom. The number of rotatable bonds is 10. The van der Waals surface area contributed by atoms with Gasteiger partial charge in [-0.15, -0.1) is 0 Å². The van der Waals surface area contributed by atoms with Crippen LogP contribution < -0.4 is 9.62 Å². The van der Waals surface area contributed by atoms with Crippen molar-refractivity contribution in [3.8, 4) is 0 Å². The first-order valence-corrected chi connectivity index (χ1v) is 15.1. The number of carbonyl (C=O) groups is 2. The topological polar surface area (TPSA) is 86.8 Å². The van der Waals surface area contributed by atoms with Gasteiger partial charge in [-0.2, -0.15) is 0 Å². The van der Waals surface area contributed by atoms with Crippen molar-refractivity contribution < 1.29 is 22.4 Å². The number of halogens is 2. The Labute approximate surface area is 240 Å². The minimum atomic E-state index is -4.21. The van der Waals surface area contributed by atoms with Gasteiger partial charge in [0.15, 0.2) is 0 Å². The number of carbonyl (C=O) groups excluding carboxylic acids is 2. The molecule has 3 aromatic rings. The molecule has 2 amide bonds. The molecule has 1 saturated carbocycles. The number of aryl methyl sites for hydroxylation is 1. The van der Waals surface area contributed by atoms with Crippen LogP contribution in [0.3, 0.4) is 0 Å². The van der Waals surface area contributed by atoms with Crippen LogP contribution in [0.25, 0.3) is 0 Å². The molecular formula is C30H33ClFN3O4S. The van der Waals surface area contributed by atoms with Crippen LogP contribution in [0.2, 0.25) is 5.02 Å². The number of benzene rings is 3. The lowest BCUT2D eigenvalue weighted by molar-refractivity contribution is -0.139. The van der Waals surface area contributed by atoms with Crippen molar-refractivity contribution >= 4 is 39.1 Å². The molecule has 40 heavy (non-hydrogen) atoms. The second-order valence-corrected chi connectivity index (χ2v) is 12.4. The summed E-state index contributed by atoms with van der Waals surface area (Å²) in [4.78, 5) is 28.4. The standard InChI is InChI=1S/C30H33ClFN3O4S/c1-21-14-16-27(17-15-21)40(38,39)35(26-12-7-9-24(31)18-26)20-29(36)34(19-23-8-3-6-13-28(23)32)22(2)30(37)33-25-10-4-5-11-25/h3,6-9,12-18,22,25H,4-5,10-11,19-20H2,1-2H3,(H,33,37). The van der Waals surface area contributed by atoms with E-state index in [1.165, 1.54) is 41.3 Å². The molecule has 1 aliphatic rings. The lowest BCUT2D eigenvalue weighted by Crippen LogP contribution is -2.52. The van der Waals surface area contributed by atoms with E-state index in [0.29, 0.717) is 5.02 Å². The van der Waals surface area contributed by atoms with Crippen molar-refractivity contribution in [3.63, 3.8) is 0 Å². The molecule has 0 radical (unpaired) electrons. The molecule has 4 rings (SSSR count). The van der Waals surface area contributed by atoms with Gasteiger partial charge < -0.3 is 10.2 Å². The van der Waals surface area contributed by atoms with Crippen molar-refractivity contribution in [2.75, 3.05) is 10.8 Å². The van der Waals surface area contributed by atoms with Crippen LogP contribution in [0, 0.1) is 12.7 Å². The lowest BCUT2D eigenvalue weighted by atomic mass is 10.1. The Morgan fingerprint density at radius 1 is 1.02 bits per heavy atom. The molecule has 0 bridgehead atoms. The van der Waals surface area contributed by atoms with Crippen LogP contribution in [0.15, 0.2) is 77.7 Å². The Bertz CT molecular complexity index is 1460. The maximum Gasteiger partial charge on any atom is 0.264 e. The van der Waals surface area contributed by atoms with Crippen molar-refractivity contribution in [2.45, 2.75) is 63.1 Å². The van der Waals surface area contributed by atoms with Gasteiger partial charge in [-0.3, -0.25) is 13.9 Å². The first-order valence-electron chi connectivity index (χ1n) is 13.2. The van der Waals surface area contributed by atoms with Gasteiger partial charge in [-0.1, -0.05) is 66.4 Å². The highest BCUT2D eigenvalue weighted by molar-refractivity contribution is 7.92. The van der Waals surface area contributed by atoms with Gasteiger partial charge in [0.05, 0.1) is 10.6 Å². The van der Waals surface area contributed by atoms with Gasteiger partial charge in [-0.05, 0) is 63.1 Å². The zero-order valence-electron chi connectivity index (χ0n) is 22.5. The molecule has 1 atom stereocenters. The summed E-state index contributed by atoms with van der Waals surface area (Å²) in [6, 6.07) is 17.5. The fraction of sp³-hybridized carbons (Fsp3) is 0.333. The van der Waals surface area contributed by atoms with E-state index in [-0.39, 0.29) is 34.6 Å². The zero-order chi connectivity index (χ0) is 28.9. The van der Waals surface area contributed by atoms with Crippen molar-refractivity contribution in [3.05, 3.63) is 94.8 Å². The van der Waals surface area contributed by atoms with E-state index in [9.17, 15) is 22.4 Å². The molecule has 1 fully saturated rings. The number of amides is 2. The summed E-state index contributed by atoms with van der Waals surface area (Å²) < 4.78 is 43.3. The van der Waals surface area contributed by atoms with Gasteiger partial charge >= 0.3 is 0 Å². The second kappa shape index (κ2) is 12.8. The summed E-state index contributed by atoms with van der Waals surface area (Å²) in [5.41, 5.74) is 1.28. The van der Waals surface area contributed by atoms with Gasteiger partial charge in [0.2, 0.25) is 11.8 Å². The number of sulfonamides is 1. The Balaban J connectivity index is 1.69. The van der Waals surface area contributed by atoms with Crippen molar-refractivity contribution in [1.29, 1.82) is 0 Å². The third kappa shape index (κ3) is 7.01. The van der Waals surface area contributed by atoms with E-state index in [0.717, 1.165) is 35.6 Å². The summed E-state index contributed by atoms with van der Waals surface area (Å²) >= 11 is 6.19. The molecule has 1 N–H and O–H groups in total. The minimum Gasteiger partial charge on any atom is -0.352 e. The van der Waals surface area contributed by atoms with Crippen molar-refractivity contribution in [2.24, 2.45) is 0 Å². The molecule has 0 heterocycles.